The molecule has 1 aliphatic heterocycles. The normalized spacial score (nSPS) is 16.4. The van der Waals surface area contributed by atoms with E-state index in [0.29, 0.717) is 65.4 Å². The van der Waals surface area contributed by atoms with Crippen LogP contribution in [0.1, 0.15) is 121 Å². The predicted octanol–water partition coefficient (Wildman–Crippen LogP) is 8.21. The second kappa shape index (κ2) is 25.7. The third kappa shape index (κ3) is 19.2. The lowest BCUT2D eigenvalue weighted by Gasteiger charge is -2.22. The zero-order valence-corrected chi connectivity index (χ0v) is 25.9. The first-order chi connectivity index (χ1) is 19.8. The van der Waals surface area contributed by atoms with Crippen molar-refractivity contribution in [2.24, 2.45) is 0 Å². The van der Waals surface area contributed by atoms with E-state index in [9.17, 15) is 0 Å². The van der Waals surface area contributed by atoms with Crippen molar-refractivity contribution in [2.45, 2.75) is 123 Å². The summed E-state index contributed by atoms with van der Waals surface area (Å²) in [5, 5.41) is 0. The molecule has 1 heterocycles. The van der Waals surface area contributed by atoms with Crippen LogP contribution in [0.3, 0.4) is 0 Å². The monoisotopic (exact) mass is 564 g/mol. The van der Waals surface area contributed by atoms with E-state index in [4.69, 9.17) is 28.4 Å². The molecule has 0 aliphatic carbocycles. The highest BCUT2D eigenvalue weighted by molar-refractivity contribution is 5.24. The van der Waals surface area contributed by atoms with Crippen molar-refractivity contribution in [1.29, 1.82) is 0 Å². The first kappa shape index (κ1) is 35.2. The maximum atomic E-state index is 5.78. The molecule has 1 aromatic carbocycles. The van der Waals surface area contributed by atoms with Gasteiger partial charge in [0.15, 0.2) is 6.29 Å². The van der Waals surface area contributed by atoms with Gasteiger partial charge in [0, 0.05) is 6.61 Å². The van der Waals surface area contributed by atoms with Crippen molar-refractivity contribution in [1.82, 2.24) is 0 Å². The minimum Gasteiger partial charge on any atom is -0.377 e. The summed E-state index contributed by atoms with van der Waals surface area (Å²) in [4.78, 5) is 0. The van der Waals surface area contributed by atoms with Gasteiger partial charge >= 0.3 is 0 Å². The summed E-state index contributed by atoms with van der Waals surface area (Å²) in [6.45, 7) is 10.6. The Balaban J connectivity index is 1.33. The van der Waals surface area contributed by atoms with Gasteiger partial charge in [0.25, 0.3) is 0 Å². The first-order valence-electron chi connectivity index (χ1n) is 16.4. The number of hydrogen-bond donors (Lipinski definition) is 0. The molecule has 1 aromatic rings. The van der Waals surface area contributed by atoms with Crippen molar-refractivity contribution in [3.63, 3.8) is 0 Å². The molecule has 2 atom stereocenters. The minimum atomic E-state index is -0.0481. The van der Waals surface area contributed by atoms with Gasteiger partial charge in [-0.3, -0.25) is 0 Å². The largest absolute Gasteiger partial charge is 0.377 e. The Kier molecular flexibility index (Phi) is 22.6. The molecule has 6 nitrogen and oxygen atoms in total. The number of rotatable bonds is 27. The van der Waals surface area contributed by atoms with Gasteiger partial charge in [0.2, 0.25) is 0 Å². The topological polar surface area (TPSA) is 55.4 Å². The van der Waals surface area contributed by atoms with Gasteiger partial charge in [-0.25, -0.2) is 0 Å². The third-order valence-electron chi connectivity index (χ3n) is 7.59. The molecular weight excluding hydrogens is 504 g/mol. The van der Waals surface area contributed by atoms with Crippen LogP contribution in [0.25, 0.3) is 0 Å². The van der Waals surface area contributed by atoms with E-state index in [-0.39, 0.29) is 6.29 Å². The van der Waals surface area contributed by atoms with Gasteiger partial charge in [0.1, 0.15) is 0 Å². The molecule has 0 aromatic heterocycles. The highest BCUT2D eigenvalue weighted by Crippen LogP contribution is 2.23. The minimum absolute atomic E-state index is 0.0481. The highest BCUT2D eigenvalue weighted by Gasteiger charge is 2.13. The zero-order valence-electron chi connectivity index (χ0n) is 25.9. The van der Waals surface area contributed by atoms with Crippen molar-refractivity contribution < 1.29 is 28.4 Å². The number of unbranched alkanes of at least 4 members (excludes halogenated alkanes) is 9. The van der Waals surface area contributed by atoms with Gasteiger partial charge in [-0.05, 0) is 42.7 Å². The van der Waals surface area contributed by atoms with Crippen LogP contribution in [0.5, 0.6) is 0 Å². The standard InChI is InChI=1S/C34H60O6/c1-3-4-5-6-7-8-9-10-11-12-15-31(2)33-19-17-32(18-20-33)30-38-27-26-36-23-22-35-24-25-37-28-29-40-34-16-13-14-21-39-34/h17-20,31,34H,3-16,21-30H2,1-2H3. The molecule has 0 N–H and O–H groups in total. The second-order valence-electron chi connectivity index (χ2n) is 11.2. The maximum absolute atomic E-state index is 5.78. The lowest BCUT2D eigenvalue weighted by Crippen LogP contribution is -2.24. The highest BCUT2D eigenvalue weighted by atomic mass is 16.7. The van der Waals surface area contributed by atoms with Crippen LogP contribution in [0.4, 0.5) is 0 Å². The Hall–Kier alpha value is -1.02. The van der Waals surface area contributed by atoms with Crippen molar-refractivity contribution in [3.8, 4) is 0 Å². The SMILES string of the molecule is CCCCCCCCCCCCC(C)c1ccc(COCCOCCOCCOCCOC2CCCCO2)cc1. The summed E-state index contributed by atoms with van der Waals surface area (Å²) >= 11 is 0. The van der Waals surface area contributed by atoms with Crippen LogP contribution in [-0.4, -0.2) is 65.8 Å². The Bertz CT molecular complexity index is 661. The van der Waals surface area contributed by atoms with Gasteiger partial charge in [-0.1, -0.05) is 102 Å². The van der Waals surface area contributed by atoms with Crippen LogP contribution in [0.2, 0.25) is 0 Å². The molecule has 0 saturated carbocycles. The average Bonchev–Trinajstić information content (AvgIpc) is 2.99. The summed E-state index contributed by atoms with van der Waals surface area (Å²) < 4.78 is 33.6. The summed E-state index contributed by atoms with van der Waals surface area (Å²) in [6.07, 6.45) is 18.5. The maximum Gasteiger partial charge on any atom is 0.157 e. The number of benzene rings is 1. The smallest absolute Gasteiger partial charge is 0.157 e. The molecule has 0 bridgehead atoms. The fourth-order valence-electron chi connectivity index (χ4n) is 4.98. The molecular formula is C34H60O6. The Morgan fingerprint density at radius 2 is 1.23 bits per heavy atom. The van der Waals surface area contributed by atoms with E-state index >= 15 is 0 Å². The zero-order chi connectivity index (χ0) is 28.4. The van der Waals surface area contributed by atoms with E-state index in [0.717, 1.165) is 19.4 Å². The average molecular weight is 565 g/mol. The molecule has 1 aliphatic rings. The summed E-state index contributed by atoms with van der Waals surface area (Å²) in [5.74, 6) is 0.626. The quantitative estimate of drug-likeness (QED) is 0.100. The van der Waals surface area contributed by atoms with E-state index < -0.39 is 0 Å². The van der Waals surface area contributed by atoms with Crippen LogP contribution in [0.15, 0.2) is 24.3 Å². The lowest BCUT2D eigenvalue weighted by atomic mass is 9.94. The van der Waals surface area contributed by atoms with Crippen molar-refractivity contribution in [2.75, 3.05) is 59.5 Å². The molecule has 232 valence electrons. The first-order valence-corrected chi connectivity index (χ1v) is 16.4. The molecule has 0 amide bonds. The molecule has 0 radical (unpaired) electrons. The van der Waals surface area contributed by atoms with Gasteiger partial charge in [-0.15, -0.1) is 0 Å². The fourth-order valence-corrected chi connectivity index (χ4v) is 4.98. The van der Waals surface area contributed by atoms with Crippen LogP contribution < -0.4 is 0 Å². The van der Waals surface area contributed by atoms with E-state index in [1.54, 1.807) is 0 Å². The van der Waals surface area contributed by atoms with E-state index in [1.165, 1.54) is 88.2 Å². The number of ether oxygens (including phenoxy) is 6. The third-order valence-corrected chi connectivity index (χ3v) is 7.59. The fraction of sp³-hybridized carbons (Fsp3) is 0.824. The van der Waals surface area contributed by atoms with E-state index in [1.807, 2.05) is 0 Å². The Morgan fingerprint density at radius 3 is 1.80 bits per heavy atom. The molecule has 1 saturated heterocycles. The van der Waals surface area contributed by atoms with Crippen LogP contribution in [-0.2, 0) is 35.0 Å². The van der Waals surface area contributed by atoms with Crippen molar-refractivity contribution in [3.05, 3.63) is 35.4 Å². The molecule has 1 fully saturated rings. The lowest BCUT2D eigenvalue weighted by molar-refractivity contribution is -0.169. The second-order valence-corrected chi connectivity index (χ2v) is 11.2. The van der Waals surface area contributed by atoms with Gasteiger partial charge < -0.3 is 28.4 Å². The molecule has 2 unspecified atom stereocenters. The molecule has 6 heteroatoms. The van der Waals surface area contributed by atoms with E-state index in [2.05, 4.69) is 38.1 Å². The Labute approximate surface area is 245 Å². The summed E-state index contributed by atoms with van der Waals surface area (Å²) in [5.41, 5.74) is 2.66. The van der Waals surface area contributed by atoms with Gasteiger partial charge in [0.05, 0.1) is 59.5 Å². The van der Waals surface area contributed by atoms with Gasteiger partial charge in [-0.2, -0.15) is 0 Å². The number of hydrogen-bond acceptors (Lipinski definition) is 6. The molecule has 0 spiro atoms. The van der Waals surface area contributed by atoms with Crippen LogP contribution in [0, 0.1) is 0 Å². The molecule has 40 heavy (non-hydrogen) atoms. The molecule has 2 rings (SSSR count). The summed E-state index contributed by atoms with van der Waals surface area (Å²) in [6, 6.07) is 8.96. The van der Waals surface area contributed by atoms with Crippen molar-refractivity contribution >= 4 is 0 Å². The predicted molar refractivity (Wildman–Crippen MR) is 163 cm³/mol. The summed E-state index contributed by atoms with van der Waals surface area (Å²) in [7, 11) is 0. The Morgan fingerprint density at radius 1 is 0.675 bits per heavy atom. The van der Waals surface area contributed by atoms with Crippen LogP contribution >= 0.6 is 0 Å².